The van der Waals surface area contributed by atoms with Crippen molar-refractivity contribution in [3.05, 3.63) is 21.9 Å². The number of anilines is 1. The third-order valence-electron chi connectivity index (χ3n) is 2.58. The number of carbonyl (C=O) groups is 1. The predicted octanol–water partition coefficient (Wildman–Crippen LogP) is 1.90. The maximum Gasteiger partial charge on any atom is 0.307 e. The Balaban J connectivity index is 2.30. The molecule has 1 atom stereocenters. The molecular weight excluding hydrogens is 351 g/mol. The van der Waals surface area contributed by atoms with Gasteiger partial charge in [0.05, 0.1) is 16.4 Å². The summed E-state index contributed by atoms with van der Waals surface area (Å²) in [4.78, 5) is 16.6. The van der Waals surface area contributed by atoms with Gasteiger partial charge in [0.15, 0.2) is 0 Å². The van der Waals surface area contributed by atoms with Crippen molar-refractivity contribution in [2.24, 2.45) is 0 Å². The van der Waals surface area contributed by atoms with E-state index in [0.717, 1.165) is 0 Å². The quantitative estimate of drug-likeness (QED) is 0.599. The lowest BCUT2D eigenvalue weighted by Gasteiger charge is -2.15. The Morgan fingerprint density at radius 1 is 1.56 bits per heavy atom. The van der Waals surface area contributed by atoms with Gasteiger partial charge >= 0.3 is 10.2 Å². The molecule has 0 saturated carbocycles. The second kappa shape index (κ2) is 4.75. The third kappa shape index (κ3) is 2.65. The van der Waals surface area contributed by atoms with Gasteiger partial charge in [-0.05, 0) is 22.0 Å². The molecule has 0 radical (unpaired) electrons. The molecule has 1 fully saturated rings. The Kier molecular flexibility index (Phi) is 3.61. The van der Waals surface area contributed by atoms with Gasteiger partial charge in [0.25, 0.3) is 0 Å². The van der Waals surface area contributed by atoms with Crippen molar-refractivity contribution in [3.8, 4) is 0 Å². The lowest BCUT2D eigenvalue weighted by atomic mass is 10.4. The van der Waals surface area contributed by atoms with Crippen LogP contribution < -0.4 is 4.90 Å². The van der Waals surface area contributed by atoms with Crippen LogP contribution in [0, 0.1) is 0 Å². The van der Waals surface area contributed by atoms with Crippen molar-refractivity contribution < 1.29 is 17.1 Å². The lowest BCUT2D eigenvalue weighted by molar-refractivity contribution is -0.117. The molecule has 1 aliphatic heterocycles. The Morgan fingerprint density at radius 2 is 2.22 bits per heavy atom. The molecule has 18 heavy (non-hydrogen) atoms. The summed E-state index contributed by atoms with van der Waals surface area (Å²) in [6.07, 6.45) is 0.970. The Labute approximate surface area is 116 Å². The second-order valence-corrected chi connectivity index (χ2v) is 6.60. The van der Waals surface area contributed by atoms with Gasteiger partial charge in [-0.25, -0.2) is 4.98 Å². The number of rotatable bonds is 2. The smallest absolute Gasteiger partial charge is 0.307 e. The standard InChI is InChI=1S/C9H7BrClFN2O3S/c10-7-1-5(3-13-9(7)11)14-4-6(2-8(14)15)18(12,16)17/h1,3,6H,2,4H2. The molecule has 98 valence electrons. The minimum Gasteiger partial charge on any atom is -0.309 e. The monoisotopic (exact) mass is 356 g/mol. The van der Waals surface area contributed by atoms with Gasteiger partial charge in [0.1, 0.15) is 10.4 Å². The Morgan fingerprint density at radius 3 is 2.72 bits per heavy atom. The highest BCUT2D eigenvalue weighted by Crippen LogP contribution is 2.29. The summed E-state index contributed by atoms with van der Waals surface area (Å²) >= 11 is 8.85. The van der Waals surface area contributed by atoms with Crippen LogP contribution >= 0.6 is 27.5 Å². The molecule has 0 N–H and O–H groups in total. The first-order chi connectivity index (χ1) is 8.29. The number of aromatic nitrogens is 1. The molecule has 0 bridgehead atoms. The van der Waals surface area contributed by atoms with E-state index < -0.39 is 21.4 Å². The van der Waals surface area contributed by atoms with Gasteiger partial charge in [-0.15, -0.1) is 3.89 Å². The zero-order valence-corrected chi connectivity index (χ0v) is 12.0. The minimum absolute atomic E-state index is 0.215. The van der Waals surface area contributed by atoms with Gasteiger partial charge < -0.3 is 4.90 Å². The summed E-state index contributed by atoms with van der Waals surface area (Å²) in [7, 11) is -4.72. The molecular formula is C9H7BrClFN2O3S. The number of halogens is 3. The normalized spacial score (nSPS) is 20.5. The van der Waals surface area contributed by atoms with E-state index in [1.165, 1.54) is 17.2 Å². The molecule has 1 aromatic heterocycles. The van der Waals surface area contributed by atoms with E-state index in [2.05, 4.69) is 20.9 Å². The Bertz CT molecular complexity index is 610. The first kappa shape index (κ1) is 13.7. The minimum atomic E-state index is -4.72. The number of nitrogens with zero attached hydrogens (tertiary/aromatic N) is 2. The van der Waals surface area contributed by atoms with Crippen LogP contribution in [-0.4, -0.2) is 31.1 Å². The van der Waals surface area contributed by atoms with Crippen molar-refractivity contribution in [2.75, 3.05) is 11.4 Å². The van der Waals surface area contributed by atoms with Crippen LogP contribution in [0.1, 0.15) is 6.42 Å². The topological polar surface area (TPSA) is 67.3 Å². The van der Waals surface area contributed by atoms with Gasteiger partial charge in [0, 0.05) is 13.0 Å². The van der Waals surface area contributed by atoms with Crippen LogP contribution in [0.3, 0.4) is 0 Å². The zero-order valence-electron chi connectivity index (χ0n) is 8.81. The molecule has 1 aromatic rings. The highest BCUT2D eigenvalue weighted by atomic mass is 79.9. The van der Waals surface area contributed by atoms with Crippen molar-refractivity contribution in [1.29, 1.82) is 0 Å². The van der Waals surface area contributed by atoms with Crippen LogP contribution in [0.5, 0.6) is 0 Å². The van der Waals surface area contributed by atoms with Gasteiger partial charge in [-0.3, -0.25) is 4.79 Å². The summed E-state index contributed by atoms with van der Waals surface area (Å²) in [6.45, 7) is -0.215. The maximum atomic E-state index is 12.8. The molecule has 1 unspecified atom stereocenters. The number of hydrogen-bond acceptors (Lipinski definition) is 4. The van der Waals surface area contributed by atoms with Crippen molar-refractivity contribution >= 4 is 49.3 Å². The predicted molar refractivity (Wildman–Crippen MR) is 67.7 cm³/mol. The summed E-state index contributed by atoms with van der Waals surface area (Å²) in [6, 6.07) is 1.53. The molecule has 1 aliphatic rings. The van der Waals surface area contributed by atoms with E-state index in [1.54, 1.807) is 0 Å². The van der Waals surface area contributed by atoms with Crippen LogP contribution in [0.25, 0.3) is 0 Å². The van der Waals surface area contributed by atoms with Crippen molar-refractivity contribution in [3.63, 3.8) is 0 Å². The first-order valence-corrected chi connectivity index (χ1v) is 7.45. The van der Waals surface area contributed by atoms with Gasteiger partial charge in [-0.1, -0.05) is 11.6 Å². The summed E-state index contributed by atoms with van der Waals surface area (Å²) in [5.74, 6) is -0.461. The first-order valence-electron chi connectivity index (χ1n) is 4.84. The molecule has 0 aromatic carbocycles. The fourth-order valence-corrected chi connectivity index (χ4v) is 2.78. The molecule has 5 nitrogen and oxygen atoms in total. The van der Waals surface area contributed by atoms with Crippen molar-refractivity contribution in [1.82, 2.24) is 4.98 Å². The van der Waals surface area contributed by atoms with Crippen LogP contribution in [-0.2, 0) is 15.0 Å². The number of hydrogen-bond donors (Lipinski definition) is 0. The molecule has 2 heterocycles. The molecule has 1 saturated heterocycles. The summed E-state index contributed by atoms with van der Waals surface area (Å²) < 4.78 is 34.9. The average Bonchev–Trinajstić information content (AvgIpc) is 2.64. The maximum absolute atomic E-state index is 12.8. The van der Waals surface area contributed by atoms with Crippen LogP contribution in [0.2, 0.25) is 5.15 Å². The zero-order chi connectivity index (χ0) is 13.5. The molecule has 9 heteroatoms. The molecule has 0 aliphatic carbocycles. The van der Waals surface area contributed by atoms with Crippen LogP contribution in [0.4, 0.5) is 9.57 Å². The SMILES string of the molecule is O=C1CC(S(=O)(=O)F)CN1c1cnc(Cl)c(Br)c1. The number of carbonyl (C=O) groups excluding carboxylic acids is 1. The van der Waals surface area contributed by atoms with E-state index in [0.29, 0.717) is 10.2 Å². The largest absolute Gasteiger partial charge is 0.309 e. The highest BCUT2D eigenvalue weighted by molar-refractivity contribution is 9.10. The molecule has 1 amide bonds. The third-order valence-corrected chi connectivity index (χ3v) is 4.83. The Hall–Kier alpha value is -0.730. The lowest BCUT2D eigenvalue weighted by Crippen LogP contribution is -2.27. The average molecular weight is 358 g/mol. The van der Waals surface area contributed by atoms with Crippen LogP contribution in [0.15, 0.2) is 16.7 Å². The van der Waals surface area contributed by atoms with E-state index >= 15 is 0 Å². The number of pyridine rings is 1. The second-order valence-electron chi connectivity index (χ2n) is 3.77. The van der Waals surface area contributed by atoms with E-state index in [1.807, 2.05) is 0 Å². The van der Waals surface area contributed by atoms with E-state index in [-0.39, 0.29) is 18.1 Å². The summed E-state index contributed by atoms with van der Waals surface area (Å²) in [5, 5.41) is -1.10. The summed E-state index contributed by atoms with van der Waals surface area (Å²) in [5.41, 5.74) is 0.377. The molecule has 2 rings (SSSR count). The fourth-order valence-electron chi connectivity index (χ4n) is 1.67. The van der Waals surface area contributed by atoms with Crippen molar-refractivity contribution in [2.45, 2.75) is 11.7 Å². The number of amides is 1. The molecule has 0 spiro atoms. The fraction of sp³-hybridized carbons (Fsp3) is 0.333. The van der Waals surface area contributed by atoms with Gasteiger partial charge in [-0.2, -0.15) is 8.42 Å². The van der Waals surface area contributed by atoms with E-state index in [4.69, 9.17) is 11.6 Å². The van der Waals surface area contributed by atoms with Gasteiger partial charge in [0.2, 0.25) is 5.91 Å². The van der Waals surface area contributed by atoms with E-state index in [9.17, 15) is 17.1 Å². The highest BCUT2D eigenvalue weighted by Gasteiger charge is 2.39.